The summed E-state index contributed by atoms with van der Waals surface area (Å²) in [5, 5.41) is 3.06. The van der Waals surface area contributed by atoms with Gasteiger partial charge in [-0.05, 0) is 45.2 Å². The van der Waals surface area contributed by atoms with E-state index in [4.69, 9.17) is 5.73 Å². The van der Waals surface area contributed by atoms with Gasteiger partial charge in [0.05, 0.1) is 0 Å². The molecule has 0 saturated heterocycles. The Balaban J connectivity index is 0. The van der Waals surface area contributed by atoms with Crippen LogP contribution in [0.25, 0.3) is 0 Å². The van der Waals surface area contributed by atoms with Gasteiger partial charge in [0, 0.05) is 25.6 Å². The van der Waals surface area contributed by atoms with E-state index in [0.717, 1.165) is 32.4 Å². The number of likely N-dealkylation sites (N-methyl/N-ethyl adjacent to an activating group) is 1. The zero-order valence-corrected chi connectivity index (χ0v) is 16.0. The van der Waals surface area contributed by atoms with Gasteiger partial charge in [-0.2, -0.15) is 0 Å². The fraction of sp³-hybridized carbons (Fsp3) is 0.938. The highest BCUT2D eigenvalue weighted by Gasteiger charge is 2.32. The van der Waals surface area contributed by atoms with Crippen molar-refractivity contribution in [3.8, 4) is 0 Å². The predicted molar refractivity (Wildman–Crippen MR) is 99.1 cm³/mol. The summed E-state index contributed by atoms with van der Waals surface area (Å²) in [6.45, 7) is 6.70. The van der Waals surface area contributed by atoms with Crippen LogP contribution in [0, 0.1) is 5.41 Å². The molecule has 1 unspecified atom stereocenters. The Morgan fingerprint density at radius 2 is 1.86 bits per heavy atom. The van der Waals surface area contributed by atoms with E-state index in [0.29, 0.717) is 19.0 Å². The number of nitrogens with two attached hydrogens (primary N) is 1. The van der Waals surface area contributed by atoms with Crippen LogP contribution in [0.2, 0.25) is 0 Å². The molecule has 0 bridgehead atoms. The molecule has 0 heterocycles. The molecule has 1 aliphatic rings. The average Bonchev–Trinajstić information content (AvgIpc) is 2.47. The molecule has 1 saturated carbocycles. The summed E-state index contributed by atoms with van der Waals surface area (Å²) in [4.78, 5) is 14.4. The second-order valence-electron chi connectivity index (χ2n) is 6.53. The Bertz CT molecular complexity index is 297. The average molecular weight is 356 g/mol. The molecule has 0 aromatic carbocycles. The molecule has 0 aromatic rings. The molecule has 1 atom stereocenters. The van der Waals surface area contributed by atoms with Gasteiger partial charge < -0.3 is 16.0 Å². The number of nitrogens with one attached hydrogen (secondary N) is 1. The largest absolute Gasteiger partial charge is 0.355 e. The number of hydrogen-bond donors (Lipinski definition) is 2. The van der Waals surface area contributed by atoms with Gasteiger partial charge in [0.1, 0.15) is 0 Å². The second kappa shape index (κ2) is 12.4. The Morgan fingerprint density at radius 1 is 1.27 bits per heavy atom. The maximum Gasteiger partial charge on any atom is 0.220 e. The summed E-state index contributed by atoms with van der Waals surface area (Å²) in [6.07, 6.45) is 7.72. The van der Waals surface area contributed by atoms with Crippen molar-refractivity contribution in [1.29, 1.82) is 0 Å². The standard InChI is InChI=1S/C16H33N3O.2ClH/c1-4-14(2)19(3)11-10-18-15(20)12-16(13-17)8-6-5-7-9-16;;/h14H,4-13,17H2,1-3H3,(H,18,20);2*1H. The smallest absolute Gasteiger partial charge is 0.220 e. The lowest BCUT2D eigenvalue weighted by molar-refractivity contribution is -0.123. The Kier molecular flexibility index (Phi) is 13.7. The van der Waals surface area contributed by atoms with Crippen molar-refractivity contribution in [2.75, 3.05) is 26.7 Å². The number of nitrogens with zero attached hydrogens (tertiary/aromatic N) is 1. The SMILES string of the molecule is CCC(C)N(C)CCNC(=O)CC1(CN)CCCCC1.Cl.Cl. The van der Waals surface area contributed by atoms with E-state index in [1.807, 2.05) is 0 Å². The summed E-state index contributed by atoms with van der Waals surface area (Å²) in [7, 11) is 2.11. The molecule has 1 amide bonds. The number of carbonyl (C=O) groups excluding carboxylic acids is 1. The van der Waals surface area contributed by atoms with Gasteiger partial charge in [-0.1, -0.05) is 26.2 Å². The third kappa shape index (κ3) is 8.00. The summed E-state index contributed by atoms with van der Waals surface area (Å²) >= 11 is 0. The predicted octanol–water partition coefficient (Wildman–Crippen LogP) is 2.98. The van der Waals surface area contributed by atoms with Crippen molar-refractivity contribution in [2.24, 2.45) is 11.1 Å². The van der Waals surface area contributed by atoms with Gasteiger partial charge in [0.25, 0.3) is 0 Å². The molecule has 22 heavy (non-hydrogen) atoms. The first-order valence-electron chi connectivity index (χ1n) is 8.20. The van der Waals surface area contributed by atoms with Gasteiger partial charge in [-0.25, -0.2) is 0 Å². The molecule has 0 aliphatic heterocycles. The van der Waals surface area contributed by atoms with Crippen LogP contribution in [0.3, 0.4) is 0 Å². The van der Waals surface area contributed by atoms with Gasteiger partial charge in [0.15, 0.2) is 0 Å². The Labute approximate surface area is 148 Å². The van der Waals surface area contributed by atoms with E-state index >= 15 is 0 Å². The molecule has 0 spiro atoms. The lowest BCUT2D eigenvalue weighted by Gasteiger charge is -2.35. The normalized spacial score (nSPS) is 18.0. The van der Waals surface area contributed by atoms with Crippen molar-refractivity contribution in [2.45, 2.75) is 64.8 Å². The molecule has 1 aliphatic carbocycles. The van der Waals surface area contributed by atoms with Crippen LogP contribution in [-0.4, -0.2) is 43.5 Å². The van der Waals surface area contributed by atoms with E-state index in [2.05, 4.69) is 31.1 Å². The van der Waals surface area contributed by atoms with E-state index in [1.165, 1.54) is 19.3 Å². The highest BCUT2D eigenvalue weighted by Crippen LogP contribution is 2.38. The summed E-state index contributed by atoms with van der Waals surface area (Å²) in [5.41, 5.74) is 6.01. The van der Waals surface area contributed by atoms with Crippen LogP contribution in [0.5, 0.6) is 0 Å². The van der Waals surface area contributed by atoms with E-state index in [9.17, 15) is 4.79 Å². The van der Waals surface area contributed by atoms with Crippen molar-refractivity contribution >= 4 is 30.7 Å². The highest BCUT2D eigenvalue weighted by molar-refractivity contribution is 5.85. The highest BCUT2D eigenvalue weighted by atomic mass is 35.5. The van der Waals surface area contributed by atoms with Crippen LogP contribution in [-0.2, 0) is 4.79 Å². The molecule has 6 heteroatoms. The molecule has 0 radical (unpaired) electrons. The number of halogens is 2. The van der Waals surface area contributed by atoms with Crippen LogP contribution in [0.1, 0.15) is 58.8 Å². The minimum Gasteiger partial charge on any atom is -0.355 e. The van der Waals surface area contributed by atoms with Crippen LogP contribution < -0.4 is 11.1 Å². The van der Waals surface area contributed by atoms with Gasteiger partial charge in [-0.3, -0.25) is 4.79 Å². The van der Waals surface area contributed by atoms with Crippen LogP contribution in [0.15, 0.2) is 0 Å². The van der Waals surface area contributed by atoms with Crippen molar-refractivity contribution in [3.63, 3.8) is 0 Å². The molecule has 0 aromatic heterocycles. The third-order valence-electron chi connectivity index (χ3n) is 5.01. The van der Waals surface area contributed by atoms with E-state index in [-0.39, 0.29) is 36.1 Å². The number of carbonyl (C=O) groups is 1. The lowest BCUT2D eigenvalue weighted by Crippen LogP contribution is -2.41. The van der Waals surface area contributed by atoms with Crippen molar-refractivity contribution in [3.05, 3.63) is 0 Å². The fourth-order valence-electron chi connectivity index (χ4n) is 3.06. The molecule has 1 fully saturated rings. The number of amides is 1. The molecule has 134 valence electrons. The topological polar surface area (TPSA) is 58.4 Å². The Morgan fingerprint density at radius 3 is 2.36 bits per heavy atom. The van der Waals surface area contributed by atoms with Crippen LogP contribution >= 0.6 is 24.8 Å². The molecule has 4 nitrogen and oxygen atoms in total. The zero-order valence-electron chi connectivity index (χ0n) is 14.4. The minimum absolute atomic E-state index is 0. The van der Waals surface area contributed by atoms with Crippen LogP contribution in [0.4, 0.5) is 0 Å². The van der Waals surface area contributed by atoms with E-state index < -0.39 is 0 Å². The third-order valence-corrected chi connectivity index (χ3v) is 5.01. The monoisotopic (exact) mass is 355 g/mol. The maximum absolute atomic E-state index is 12.1. The van der Waals surface area contributed by atoms with Gasteiger partial charge in [0.2, 0.25) is 5.91 Å². The van der Waals surface area contributed by atoms with Gasteiger partial charge in [-0.15, -0.1) is 24.8 Å². The summed E-state index contributed by atoms with van der Waals surface area (Å²) in [5.74, 6) is 0.176. The van der Waals surface area contributed by atoms with Crippen molar-refractivity contribution < 1.29 is 4.79 Å². The molecular weight excluding hydrogens is 321 g/mol. The van der Waals surface area contributed by atoms with Gasteiger partial charge >= 0.3 is 0 Å². The molecule has 3 N–H and O–H groups in total. The summed E-state index contributed by atoms with van der Waals surface area (Å²) < 4.78 is 0. The lowest BCUT2D eigenvalue weighted by atomic mass is 9.71. The van der Waals surface area contributed by atoms with E-state index in [1.54, 1.807) is 0 Å². The maximum atomic E-state index is 12.1. The second-order valence-corrected chi connectivity index (χ2v) is 6.53. The minimum atomic E-state index is 0. The summed E-state index contributed by atoms with van der Waals surface area (Å²) in [6, 6.07) is 0.570. The Hall–Kier alpha value is -0.0300. The fourth-order valence-corrected chi connectivity index (χ4v) is 3.06. The molecular formula is C16H35Cl2N3O. The molecule has 1 rings (SSSR count). The first kappa shape index (κ1) is 24.2. The quantitative estimate of drug-likeness (QED) is 0.703. The first-order chi connectivity index (χ1) is 9.53. The number of rotatable bonds is 8. The first-order valence-corrected chi connectivity index (χ1v) is 8.20. The number of hydrogen-bond acceptors (Lipinski definition) is 3. The zero-order chi connectivity index (χ0) is 15.0. The van der Waals surface area contributed by atoms with Crippen molar-refractivity contribution in [1.82, 2.24) is 10.2 Å².